The Morgan fingerprint density at radius 2 is 1.97 bits per heavy atom. The Morgan fingerprint density at radius 1 is 1.24 bits per heavy atom. The molecule has 1 aliphatic rings. The minimum atomic E-state index is -0.273. The van der Waals surface area contributed by atoms with Crippen molar-refractivity contribution >= 4 is 17.8 Å². The predicted molar refractivity (Wildman–Crippen MR) is 112 cm³/mol. The van der Waals surface area contributed by atoms with E-state index in [1.807, 2.05) is 18.2 Å². The summed E-state index contributed by atoms with van der Waals surface area (Å²) in [5.41, 5.74) is 4.96. The van der Waals surface area contributed by atoms with Crippen LogP contribution in [0.3, 0.4) is 0 Å². The van der Waals surface area contributed by atoms with Crippen LogP contribution in [0, 0.1) is 6.92 Å². The maximum Gasteiger partial charge on any atom is 0.241 e. The molecule has 0 bridgehead atoms. The van der Waals surface area contributed by atoms with Gasteiger partial charge in [-0.3, -0.25) is 14.7 Å². The molecule has 0 saturated carbocycles. The number of aryl methyl sites for hydroxylation is 1. The lowest BCUT2D eigenvalue weighted by molar-refractivity contribution is -0.121. The Morgan fingerprint density at radius 3 is 2.66 bits per heavy atom. The summed E-state index contributed by atoms with van der Waals surface area (Å²) in [6.07, 6.45) is 3.16. The number of aromatic hydroxyl groups is 1. The monoisotopic (exact) mass is 397 g/mol. The molecule has 8 heteroatoms. The molecule has 1 fully saturated rings. The highest BCUT2D eigenvalue weighted by atomic mass is 16.3. The number of hydrogen-bond donors (Lipinski definition) is 3. The lowest BCUT2D eigenvalue weighted by atomic mass is 10.1. The quantitative estimate of drug-likeness (QED) is 0.480. The van der Waals surface area contributed by atoms with E-state index in [9.17, 15) is 15.0 Å². The summed E-state index contributed by atoms with van der Waals surface area (Å²) >= 11 is 0. The van der Waals surface area contributed by atoms with Gasteiger partial charge in [-0.15, -0.1) is 0 Å². The van der Waals surface area contributed by atoms with Crippen molar-refractivity contribution in [2.45, 2.75) is 20.0 Å². The van der Waals surface area contributed by atoms with Crippen molar-refractivity contribution in [1.29, 1.82) is 0 Å². The van der Waals surface area contributed by atoms with Gasteiger partial charge in [-0.25, -0.2) is 5.43 Å². The second kappa shape index (κ2) is 9.99. The van der Waals surface area contributed by atoms with Crippen molar-refractivity contribution < 1.29 is 15.0 Å². The fourth-order valence-electron chi connectivity index (χ4n) is 3.28. The maximum absolute atomic E-state index is 12.1. The SMILES string of the molecule is Cc1ncc(CO)c(C=NNC(=O)CCN2CCN(c3ccccc3)CC2)c1O. The van der Waals surface area contributed by atoms with Gasteiger partial charge in [0.2, 0.25) is 5.91 Å². The number of benzene rings is 1. The van der Waals surface area contributed by atoms with Crippen molar-refractivity contribution in [3.05, 3.63) is 53.3 Å². The largest absolute Gasteiger partial charge is 0.505 e. The van der Waals surface area contributed by atoms with E-state index < -0.39 is 0 Å². The number of anilines is 1. The number of hydrogen-bond acceptors (Lipinski definition) is 7. The number of nitrogens with one attached hydrogen (secondary N) is 1. The summed E-state index contributed by atoms with van der Waals surface area (Å²) in [6, 6.07) is 10.3. The third-order valence-corrected chi connectivity index (χ3v) is 5.06. The van der Waals surface area contributed by atoms with Gasteiger partial charge in [0.25, 0.3) is 0 Å². The van der Waals surface area contributed by atoms with Crippen molar-refractivity contribution in [2.24, 2.45) is 5.10 Å². The number of aromatic nitrogens is 1. The van der Waals surface area contributed by atoms with Crippen LogP contribution in [0.4, 0.5) is 5.69 Å². The topological polar surface area (TPSA) is 101 Å². The Bertz CT molecular complexity index is 849. The van der Waals surface area contributed by atoms with E-state index >= 15 is 0 Å². The van der Waals surface area contributed by atoms with E-state index in [0.717, 1.165) is 26.2 Å². The van der Waals surface area contributed by atoms with Gasteiger partial charge in [-0.1, -0.05) is 18.2 Å². The van der Waals surface area contributed by atoms with Gasteiger partial charge in [0.05, 0.1) is 18.5 Å². The highest BCUT2D eigenvalue weighted by molar-refractivity contribution is 5.87. The van der Waals surface area contributed by atoms with Crippen molar-refractivity contribution in [3.8, 4) is 5.75 Å². The van der Waals surface area contributed by atoms with E-state index in [0.29, 0.717) is 29.8 Å². The fraction of sp³-hybridized carbons (Fsp3) is 0.381. The summed E-state index contributed by atoms with van der Waals surface area (Å²) in [5, 5.41) is 23.3. The molecule has 3 N–H and O–H groups in total. The van der Waals surface area contributed by atoms with Crippen LogP contribution < -0.4 is 10.3 Å². The van der Waals surface area contributed by atoms with Crippen molar-refractivity contribution in [1.82, 2.24) is 15.3 Å². The van der Waals surface area contributed by atoms with Crippen LogP contribution in [0.2, 0.25) is 0 Å². The summed E-state index contributed by atoms with van der Waals surface area (Å²) < 4.78 is 0. The number of para-hydroxylation sites is 1. The summed E-state index contributed by atoms with van der Waals surface area (Å²) in [7, 11) is 0. The molecular formula is C21H27N5O3. The standard InChI is InChI=1S/C21H27N5O3/c1-16-21(29)19(17(15-27)13-22-16)14-23-24-20(28)7-8-25-9-11-26(12-10-25)18-5-3-2-4-6-18/h2-6,13-14,27,29H,7-12,15H2,1H3,(H,24,28). The molecule has 8 nitrogen and oxygen atoms in total. The van der Waals surface area contributed by atoms with E-state index in [-0.39, 0.29) is 18.3 Å². The van der Waals surface area contributed by atoms with Gasteiger partial charge >= 0.3 is 0 Å². The smallest absolute Gasteiger partial charge is 0.241 e. The number of nitrogens with zero attached hydrogens (tertiary/aromatic N) is 4. The third-order valence-electron chi connectivity index (χ3n) is 5.06. The molecule has 0 atom stereocenters. The van der Waals surface area contributed by atoms with Gasteiger partial charge in [0.15, 0.2) is 0 Å². The minimum Gasteiger partial charge on any atom is -0.505 e. The number of hydrazone groups is 1. The minimum absolute atomic E-state index is 0.0502. The van der Waals surface area contributed by atoms with E-state index in [4.69, 9.17) is 0 Å². The Hall–Kier alpha value is -2.97. The zero-order valence-electron chi connectivity index (χ0n) is 16.6. The van der Waals surface area contributed by atoms with Gasteiger partial charge < -0.3 is 15.1 Å². The number of carbonyl (C=O) groups excluding carboxylic acids is 1. The van der Waals surface area contributed by atoms with Crippen molar-refractivity contribution in [2.75, 3.05) is 37.6 Å². The van der Waals surface area contributed by atoms with E-state index in [1.54, 1.807) is 6.92 Å². The Balaban J connectivity index is 1.43. The van der Waals surface area contributed by atoms with Gasteiger partial charge in [-0.2, -0.15) is 5.10 Å². The number of amides is 1. The van der Waals surface area contributed by atoms with E-state index in [2.05, 4.69) is 37.4 Å². The normalized spacial score (nSPS) is 15.0. The summed E-state index contributed by atoms with van der Waals surface area (Å²) in [4.78, 5) is 20.7. The maximum atomic E-state index is 12.1. The number of piperazine rings is 1. The number of aliphatic hydroxyl groups excluding tert-OH is 1. The molecule has 2 aromatic rings. The molecule has 1 aromatic carbocycles. The second-order valence-electron chi connectivity index (χ2n) is 7.00. The third kappa shape index (κ3) is 5.52. The van der Waals surface area contributed by atoms with Crippen LogP contribution >= 0.6 is 0 Å². The Kier molecular flexibility index (Phi) is 7.15. The molecule has 0 radical (unpaired) electrons. The lowest BCUT2D eigenvalue weighted by Gasteiger charge is -2.36. The van der Waals surface area contributed by atoms with Gasteiger partial charge in [0, 0.05) is 62.2 Å². The number of pyridine rings is 1. The average Bonchev–Trinajstić information content (AvgIpc) is 2.76. The molecular weight excluding hydrogens is 370 g/mol. The molecule has 0 spiro atoms. The molecule has 29 heavy (non-hydrogen) atoms. The predicted octanol–water partition coefficient (Wildman–Crippen LogP) is 1.25. The van der Waals surface area contributed by atoms with Crippen LogP contribution in [-0.4, -0.2) is 64.9 Å². The van der Waals surface area contributed by atoms with Crippen LogP contribution in [-0.2, 0) is 11.4 Å². The average molecular weight is 397 g/mol. The number of rotatable bonds is 7. The molecule has 1 aliphatic heterocycles. The zero-order valence-corrected chi connectivity index (χ0v) is 16.6. The molecule has 154 valence electrons. The number of carbonyl (C=O) groups is 1. The van der Waals surface area contributed by atoms with Crippen molar-refractivity contribution in [3.63, 3.8) is 0 Å². The molecule has 3 rings (SSSR count). The van der Waals surface area contributed by atoms with Crippen LogP contribution in [0.5, 0.6) is 5.75 Å². The summed E-state index contributed by atoms with van der Waals surface area (Å²) in [5.74, 6) is -0.242. The molecule has 1 amide bonds. The highest BCUT2D eigenvalue weighted by Crippen LogP contribution is 2.21. The molecule has 1 aromatic heterocycles. The first kappa shape index (κ1) is 20.8. The second-order valence-corrected chi connectivity index (χ2v) is 7.00. The highest BCUT2D eigenvalue weighted by Gasteiger charge is 2.17. The molecule has 0 unspecified atom stereocenters. The first-order valence-electron chi connectivity index (χ1n) is 9.71. The first-order valence-corrected chi connectivity index (χ1v) is 9.71. The van der Waals surface area contributed by atoms with Crippen LogP contribution in [0.25, 0.3) is 0 Å². The Labute approximate surface area is 170 Å². The molecule has 0 aliphatic carbocycles. The molecule has 1 saturated heterocycles. The van der Waals surface area contributed by atoms with Crippen LogP contribution in [0.15, 0.2) is 41.6 Å². The first-order chi connectivity index (χ1) is 14.1. The van der Waals surface area contributed by atoms with Gasteiger partial charge in [0.1, 0.15) is 5.75 Å². The van der Waals surface area contributed by atoms with E-state index in [1.165, 1.54) is 18.1 Å². The summed E-state index contributed by atoms with van der Waals surface area (Å²) in [6.45, 7) is 5.76. The van der Waals surface area contributed by atoms with Crippen LogP contribution in [0.1, 0.15) is 23.2 Å². The molecule has 2 heterocycles. The number of aliphatic hydroxyl groups is 1. The fourth-order valence-corrected chi connectivity index (χ4v) is 3.28. The lowest BCUT2D eigenvalue weighted by Crippen LogP contribution is -2.47. The van der Waals surface area contributed by atoms with Gasteiger partial charge in [-0.05, 0) is 19.1 Å². The zero-order chi connectivity index (χ0) is 20.6.